The van der Waals surface area contributed by atoms with E-state index < -0.39 is 109 Å². The fraction of sp³-hybridized carbons (Fsp3) is 0.306. The van der Waals surface area contributed by atoms with Gasteiger partial charge in [0.25, 0.3) is 46.4 Å². The van der Waals surface area contributed by atoms with Gasteiger partial charge >= 0.3 is 0 Å². The molecule has 0 spiro atoms. The molecule has 0 radical (unpaired) electrons. The molecule has 1 atom stereocenters. The molecule has 6 aliphatic heterocycles. The summed E-state index contributed by atoms with van der Waals surface area (Å²) in [6, 6.07) is 42.6. The van der Waals surface area contributed by atoms with Gasteiger partial charge in [0.1, 0.15) is 36.5 Å². The highest BCUT2D eigenvalue weighted by molar-refractivity contribution is 7.89. The maximum atomic E-state index is 16.0. The number of halogens is 2. The average molecular weight is 1950 g/mol. The molecule has 8 aromatic carbocycles. The first-order valence-corrected chi connectivity index (χ1v) is 51.6. The normalized spacial score (nSPS) is 16.7. The number of ketones is 2. The molecule has 1 aliphatic carbocycles. The molecule has 136 heavy (non-hydrogen) atoms. The zero-order chi connectivity index (χ0) is 96.9. The van der Waals surface area contributed by atoms with Crippen molar-refractivity contribution < 1.29 is 102 Å². The minimum Gasteiger partial charge on any atom is -0.480 e. The standard InChI is InChI=1S/C98H99F2N11O20S5/c1-97(2)77-56-72(135(124,125)126)30-36-84(77)106(5)91(97)22-8-6-9-23-92-98(3,4)78-57-73(136(127,128)129)31-37-85(78)110(92)44-15-7-10-24-93(114)102-58-66-59-111(105-104-66)69-18-16-17-65(51-69)96(115)103-81(20-13-14-43-101)87(113)60-130-95-79(99)49-61(50-80(95)100)25-38-86(112)62-39-45-107(46-40-62)132(116,117)90-21-12-11-19-76(90)94-74-32-26-67(108-47-41-63-52-70(133(118,119)120)28-34-82(63)108)54-88(74)131-89-55-68(27-33-75(89)94)109-48-42-64-53-71(134(121,122)123)29-35-83(64)109/h6,8-9,11-12,16-19,21-23,26-37,49-57,59,62,81H,7,10,13-15,20,24-25,38-48,58,60,101H2,1-5H3,(H4-2,102,103,114,115,118,119,120,121,122,123,124,125,126,127,128,129)/p+2/t81-/m0/s1. The molecule has 9 aromatic rings. The molecule has 16 rings (SSSR count). The molecule has 710 valence electrons. The van der Waals surface area contributed by atoms with E-state index in [0.29, 0.717) is 148 Å². The number of carbonyl (C=O) groups is 4. The van der Waals surface area contributed by atoms with Crippen LogP contribution in [0.5, 0.6) is 5.75 Å². The van der Waals surface area contributed by atoms with E-state index in [0.717, 1.165) is 40.5 Å². The van der Waals surface area contributed by atoms with Gasteiger partial charge in [-0.2, -0.15) is 47.1 Å². The zero-order valence-electron chi connectivity index (χ0n) is 74.9. The topological polar surface area (TPSA) is 439 Å². The Balaban J connectivity index is 0.513. The summed E-state index contributed by atoms with van der Waals surface area (Å²) in [6.07, 6.45) is 15.0. The molecular formula is C98H101F2N11O20S5+2. The van der Waals surface area contributed by atoms with Crippen LogP contribution in [0.4, 0.5) is 37.2 Å². The van der Waals surface area contributed by atoms with Crippen LogP contribution in [0.1, 0.15) is 136 Å². The second-order valence-corrected chi connectivity index (χ2v) is 43.1. The molecule has 0 unspecified atom stereocenters. The van der Waals surface area contributed by atoms with Gasteiger partial charge in [-0.05, 0) is 216 Å². The number of piperidine rings is 1. The van der Waals surface area contributed by atoms with Crippen LogP contribution in [0.2, 0.25) is 0 Å². The van der Waals surface area contributed by atoms with Gasteiger partial charge < -0.3 is 35.3 Å². The van der Waals surface area contributed by atoms with E-state index in [1.807, 2.05) is 116 Å². The third-order valence-electron chi connectivity index (χ3n) is 26.1. The van der Waals surface area contributed by atoms with Gasteiger partial charge in [0.15, 0.2) is 35.4 Å². The van der Waals surface area contributed by atoms with Gasteiger partial charge in [-0.1, -0.05) is 68.0 Å². The highest BCUT2D eigenvalue weighted by atomic mass is 32.2. The molecule has 1 aromatic heterocycles. The molecule has 7 aliphatic rings. The zero-order valence-corrected chi connectivity index (χ0v) is 79.0. The number of rotatable bonds is 34. The number of carbonyl (C=O) groups excluding carboxylic acids is 4. The summed E-state index contributed by atoms with van der Waals surface area (Å²) in [7, 11) is -20.3. The number of anilines is 3. The molecule has 8 N–H and O–H groups in total. The van der Waals surface area contributed by atoms with Gasteiger partial charge in [0.2, 0.25) is 32.7 Å². The summed E-state index contributed by atoms with van der Waals surface area (Å²) in [6.45, 7) is 8.68. The van der Waals surface area contributed by atoms with Crippen molar-refractivity contribution in [3.05, 3.63) is 268 Å². The summed E-state index contributed by atoms with van der Waals surface area (Å²) in [4.78, 5) is 58.4. The predicted molar refractivity (Wildman–Crippen MR) is 506 cm³/mol. The fourth-order valence-corrected chi connectivity index (χ4v) is 22.7. The van der Waals surface area contributed by atoms with E-state index in [1.165, 1.54) is 75.7 Å². The number of ether oxygens (including phenoxy) is 1. The predicted octanol–water partition coefficient (Wildman–Crippen LogP) is 13.6. The monoisotopic (exact) mass is 1950 g/mol. The Morgan fingerprint density at radius 1 is 0.647 bits per heavy atom. The van der Waals surface area contributed by atoms with Crippen LogP contribution in [0.3, 0.4) is 0 Å². The number of Topliss-reactive ketones (excluding diaryl/α,β-unsaturated/α-hetero) is 2. The van der Waals surface area contributed by atoms with Gasteiger partial charge in [0.05, 0.1) is 60.4 Å². The van der Waals surface area contributed by atoms with Crippen molar-refractivity contribution in [3.63, 3.8) is 0 Å². The number of nitrogens with two attached hydrogens (primary N) is 1. The first-order chi connectivity index (χ1) is 64.5. The highest BCUT2D eigenvalue weighted by Crippen LogP contribution is 2.50. The number of aryl methyl sites for hydroxylation is 1. The van der Waals surface area contributed by atoms with Crippen molar-refractivity contribution in [2.75, 3.05) is 62.7 Å². The molecule has 0 saturated carbocycles. The number of benzene rings is 9. The minimum absolute atomic E-state index is 0.0199. The maximum Gasteiger partial charge on any atom is 0.294 e. The molecule has 0 bridgehead atoms. The smallest absolute Gasteiger partial charge is 0.294 e. The van der Waals surface area contributed by atoms with Crippen molar-refractivity contribution in [1.82, 2.24) is 34.5 Å². The number of aromatic nitrogens is 3. The quantitative estimate of drug-likeness (QED) is 0.00647. The maximum absolute atomic E-state index is 16.0. The van der Waals surface area contributed by atoms with E-state index in [-0.39, 0.29) is 112 Å². The first kappa shape index (κ1) is 96.6. The number of hydrogen-bond donors (Lipinski definition) is 7. The van der Waals surface area contributed by atoms with Gasteiger partial charge in [0, 0.05) is 149 Å². The van der Waals surface area contributed by atoms with E-state index in [1.54, 1.807) is 60.8 Å². The lowest BCUT2D eigenvalue weighted by molar-refractivity contribution is -0.401. The molecule has 1 saturated heterocycles. The second-order valence-electron chi connectivity index (χ2n) is 35.5. The number of nitrogens with zero attached hydrogens (tertiary/aromatic N) is 8. The molecule has 2 amide bonds. The lowest BCUT2D eigenvalue weighted by atomic mass is 9.81. The van der Waals surface area contributed by atoms with E-state index in [4.69, 9.17) is 14.9 Å². The third kappa shape index (κ3) is 20.2. The van der Waals surface area contributed by atoms with Crippen molar-refractivity contribution in [2.24, 2.45) is 11.7 Å². The number of unbranched alkanes of at least 4 members (excludes halogenated alkanes) is 3. The van der Waals surface area contributed by atoms with Crippen LogP contribution >= 0.6 is 0 Å². The Morgan fingerprint density at radius 3 is 2.04 bits per heavy atom. The molecule has 31 nitrogen and oxygen atoms in total. The lowest BCUT2D eigenvalue weighted by Crippen LogP contribution is -2.43. The molecule has 38 heteroatoms. The van der Waals surface area contributed by atoms with Crippen LogP contribution in [-0.2, 0) is 102 Å². The second kappa shape index (κ2) is 38.6. The number of nitrogens with one attached hydrogen (secondary N) is 2. The fourth-order valence-electron chi connectivity index (χ4n) is 18.9. The Labute approximate surface area is 785 Å². The van der Waals surface area contributed by atoms with Crippen LogP contribution in [0, 0.1) is 17.6 Å². The Kier molecular flexibility index (Phi) is 27.4. The Hall–Kier alpha value is -12.5. The van der Waals surface area contributed by atoms with Crippen LogP contribution in [-0.4, -0.2) is 172 Å². The van der Waals surface area contributed by atoms with Crippen molar-refractivity contribution in [1.29, 1.82) is 0 Å². The summed E-state index contributed by atoms with van der Waals surface area (Å²) in [5, 5.41) is 15.3. The van der Waals surface area contributed by atoms with E-state index in [2.05, 4.69) is 25.8 Å². The summed E-state index contributed by atoms with van der Waals surface area (Å²) in [5.74, 6) is -5.19. The number of allylic oxidation sites excluding steroid dienone is 6. The summed E-state index contributed by atoms with van der Waals surface area (Å²) in [5.41, 5.74) is 15.6. The van der Waals surface area contributed by atoms with Gasteiger partial charge in [-0.3, -0.25) is 37.4 Å². The van der Waals surface area contributed by atoms with Crippen molar-refractivity contribution in [2.45, 2.75) is 159 Å². The van der Waals surface area contributed by atoms with E-state index >= 15 is 17.2 Å². The Bertz CT molecular complexity index is 7470. The van der Waals surface area contributed by atoms with Crippen molar-refractivity contribution >= 4 is 119 Å². The van der Waals surface area contributed by atoms with Crippen molar-refractivity contribution in [3.8, 4) is 33.9 Å². The SMILES string of the molecule is C[N+]1=C(/C=C/C=C/C=C2\N(CCCCCC(=O)NCc3cn(-c4cccc(C(=O)N[C@@H](CCCCN)C(=O)COc5c(F)cc(CCC(=O)C6CCN(S(=O)(=O)c7ccccc7-c7c8ccc(=[N+]9CCc%10cc(S(=O)(=O)O)ccc%109)cc-8oc8cc(N9CCc%10cc(S(=O)(=O)O)ccc%109)ccc78)CC6)cc5F)c4)nn3)c3ccc(S(=O)(=O)O)cc3C2(C)C)C(C)(C)c2cc(S(=O)(=O)O)ccc21. The average Bonchev–Trinajstić information content (AvgIpc) is 1.08. The number of sulfonamides is 1. The minimum atomic E-state index is -4.52. The first-order valence-electron chi connectivity index (χ1n) is 44.4. The Morgan fingerprint density at radius 2 is 1.32 bits per heavy atom. The summed E-state index contributed by atoms with van der Waals surface area (Å²) < 4.78 is 218. The number of amides is 2. The highest BCUT2D eigenvalue weighted by Gasteiger charge is 2.45. The van der Waals surface area contributed by atoms with Gasteiger partial charge in [-0.15, -0.1) is 5.10 Å². The lowest BCUT2D eigenvalue weighted by Gasteiger charge is -2.31. The van der Waals surface area contributed by atoms with Crippen LogP contribution in [0.25, 0.3) is 39.1 Å². The number of fused-ring (bicyclic) bond motifs is 6. The number of hydrogen-bond acceptors (Lipinski definition) is 21. The third-order valence-corrected chi connectivity index (χ3v) is 31.4. The van der Waals surface area contributed by atoms with Crippen LogP contribution < -0.4 is 40.8 Å². The van der Waals surface area contributed by atoms with Crippen LogP contribution in [0.15, 0.2) is 241 Å². The summed E-state index contributed by atoms with van der Waals surface area (Å²) >= 11 is 0. The molecule has 7 heterocycles. The van der Waals surface area contributed by atoms with E-state index in [9.17, 15) is 71.1 Å². The largest absolute Gasteiger partial charge is 0.480 e. The molecular weight excluding hydrogens is 1850 g/mol. The molecule has 1 fully saturated rings. The van der Waals surface area contributed by atoms with Gasteiger partial charge in [-0.25, -0.2) is 21.9 Å².